The van der Waals surface area contributed by atoms with E-state index in [9.17, 15) is 4.79 Å². The molecule has 2 rings (SSSR count). The van der Waals surface area contributed by atoms with Crippen LogP contribution in [0.3, 0.4) is 0 Å². The number of benzene rings is 1. The van der Waals surface area contributed by atoms with E-state index in [1.165, 1.54) is 6.08 Å². The fraction of sp³-hybridized carbons (Fsp3) is 0.143. The van der Waals surface area contributed by atoms with Crippen LogP contribution in [0.15, 0.2) is 41.1 Å². The summed E-state index contributed by atoms with van der Waals surface area (Å²) in [5.41, 5.74) is 0.774. The van der Waals surface area contributed by atoms with Gasteiger partial charge in [-0.2, -0.15) is 5.10 Å². The number of ether oxygens (including phenoxy) is 1. The number of nitrogens with zero attached hydrogens (tertiary/aromatic N) is 2. The van der Waals surface area contributed by atoms with E-state index >= 15 is 0 Å². The molecule has 0 unspecified atom stereocenters. The Bertz CT molecular complexity index is 650. The first-order valence-corrected chi connectivity index (χ1v) is 6.78. The third-order valence-corrected chi connectivity index (χ3v) is 3.16. The van der Waals surface area contributed by atoms with E-state index in [-0.39, 0.29) is 0 Å². The number of carbonyl (C=O) groups is 1. The first kappa shape index (κ1) is 14.3. The second-order valence-electron chi connectivity index (χ2n) is 4.00. The number of carboxylic acids is 1. The lowest BCUT2D eigenvalue weighted by Gasteiger charge is -2.06. The van der Waals surface area contributed by atoms with Gasteiger partial charge < -0.3 is 9.84 Å². The van der Waals surface area contributed by atoms with Crippen LogP contribution in [-0.4, -0.2) is 20.9 Å². The van der Waals surface area contributed by atoms with Gasteiger partial charge in [0.1, 0.15) is 5.75 Å². The number of halogens is 1. The topological polar surface area (TPSA) is 64.3 Å². The molecule has 1 N–H and O–H groups in total. The van der Waals surface area contributed by atoms with E-state index in [1.807, 2.05) is 13.1 Å². The van der Waals surface area contributed by atoms with Crippen molar-refractivity contribution >= 4 is 28.0 Å². The number of aliphatic carboxylic acids is 1. The van der Waals surface area contributed by atoms with E-state index < -0.39 is 5.97 Å². The summed E-state index contributed by atoms with van der Waals surface area (Å²) < 4.78 is 8.22. The van der Waals surface area contributed by atoms with Crippen molar-refractivity contribution in [2.45, 2.75) is 13.5 Å². The molecule has 0 saturated heterocycles. The summed E-state index contributed by atoms with van der Waals surface area (Å²) >= 11 is 3.40. The normalized spacial score (nSPS) is 10.9. The fourth-order valence-electron chi connectivity index (χ4n) is 1.57. The van der Waals surface area contributed by atoms with Crippen molar-refractivity contribution in [1.29, 1.82) is 0 Å². The van der Waals surface area contributed by atoms with Gasteiger partial charge >= 0.3 is 5.97 Å². The first-order valence-electron chi connectivity index (χ1n) is 5.99. The molecule has 1 heterocycles. The number of hydrogen-bond acceptors (Lipinski definition) is 3. The van der Waals surface area contributed by atoms with Gasteiger partial charge in [0.25, 0.3) is 0 Å². The molecule has 0 bridgehead atoms. The molecule has 1 aromatic heterocycles. The van der Waals surface area contributed by atoms with Gasteiger partial charge in [-0.25, -0.2) is 4.79 Å². The summed E-state index contributed by atoms with van der Waals surface area (Å²) in [7, 11) is 0. The van der Waals surface area contributed by atoms with Crippen LogP contribution in [0.2, 0.25) is 0 Å². The Labute approximate surface area is 124 Å². The Morgan fingerprint density at radius 2 is 2.35 bits per heavy atom. The summed E-state index contributed by atoms with van der Waals surface area (Å²) in [6.07, 6.45) is 6.07. The molecule has 0 aliphatic rings. The van der Waals surface area contributed by atoms with E-state index in [2.05, 4.69) is 21.0 Å². The van der Waals surface area contributed by atoms with Crippen molar-refractivity contribution in [2.24, 2.45) is 0 Å². The zero-order valence-electron chi connectivity index (χ0n) is 10.8. The van der Waals surface area contributed by atoms with Crippen molar-refractivity contribution in [3.8, 4) is 11.5 Å². The molecule has 0 fully saturated rings. The van der Waals surface area contributed by atoms with Crippen LogP contribution >= 0.6 is 15.9 Å². The third kappa shape index (κ3) is 3.71. The molecule has 0 amide bonds. The van der Waals surface area contributed by atoms with Gasteiger partial charge in [0.2, 0.25) is 0 Å². The molecule has 0 radical (unpaired) electrons. The van der Waals surface area contributed by atoms with Crippen molar-refractivity contribution in [3.63, 3.8) is 0 Å². The lowest BCUT2D eigenvalue weighted by Crippen LogP contribution is -1.92. The highest BCUT2D eigenvalue weighted by Crippen LogP contribution is 2.30. The van der Waals surface area contributed by atoms with E-state index in [0.29, 0.717) is 11.5 Å². The molecule has 104 valence electrons. The van der Waals surface area contributed by atoms with Crippen molar-refractivity contribution in [1.82, 2.24) is 9.78 Å². The number of hydrogen-bond donors (Lipinski definition) is 1. The summed E-state index contributed by atoms with van der Waals surface area (Å²) in [5.74, 6) is 0.322. The van der Waals surface area contributed by atoms with Gasteiger partial charge in [-0.05, 0) is 46.6 Å². The van der Waals surface area contributed by atoms with Gasteiger partial charge in [-0.15, -0.1) is 0 Å². The third-order valence-electron chi connectivity index (χ3n) is 2.54. The minimum atomic E-state index is -0.978. The monoisotopic (exact) mass is 336 g/mol. The molecule has 1 aromatic carbocycles. The maximum absolute atomic E-state index is 10.5. The van der Waals surface area contributed by atoms with Crippen LogP contribution in [-0.2, 0) is 11.3 Å². The fourth-order valence-corrected chi connectivity index (χ4v) is 2.05. The van der Waals surface area contributed by atoms with Gasteiger partial charge in [0, 0.05) is 12.6 Å². The molecule has 0 aliphatic heterocycles. The minimum absolute atomic E-state index is 0.646. The average Bonchev–Trinajstić information content (AvgIpc) is 2.87. The SMILES string of the molecule is CCn1cc(Oc2ccc(/C=C/C(=O)O)cc2Br)cn1. The van der Waals surface area contributed by atoms with Crippen LogP contribution in [0.25, 0.3) is 6.08 Å². The first-order chi connectivity index (χ1) is 9.58. The molecule has 0 atom stereocenters. The molecule has 2 aromatic rings. The predicted molar refractivity (Wildman–Crippen MR) is 78.8 cm³/mol. The number of carboxylic acid groups (broad SMARTS) is 1. The van der Waals surface area contributed by atoms with E-state index in [1.54, 1.807) is 29.1 Å². The molecule has 0 spiro atoms. The quantitative estimate of drug-likeness (QED) is 0.848. The van der Waals surface area contributed by atoms with Crippen molar-refractivity contribution in [2.75, 3.05) is 0 Å². The number of aryl methyl sites for hydroxylation is 1. The maximum atomic E-state index is 10.5. The van der Waals surface area contributed by atoms with Gasteiger partial charge in [0.15, 0.2) is 5.75 Å². The summed E-state index contributed by atoms with van der Waals surface area (Å²) in [5, 5.41) is 12.7. The van der Waals surface area contributed by atoms with Crippen molar-refractivity contribution < 1.29 is 14.6 Å². The second kappa shape index (κ2) is 6.38. The maximum Gasteiger partial charge on any atom is 0.328 e. The van der Waals surface area contributed by atoms with Crippen LogP contribution in [0, 0.1) is 0 Å². The molecule has 20 heavy (non-hydrogen) atoms. The van der Waals surface area contributed by atoms with E-state index in [4.69, 9.17) is 9.84 Å². The van der Waals surface area contributed by atoms with Crippen LogP contribution < -0.4 is 4.74 Å². The number of aromatic nitrogens is 2. The summed E-state index contributed by atoms with van der Waals surface area (Å²) in [4.78, 5) is 10.5. The summed E-state index contributed by atoms with van der Waals surface area (Å²) in [6.45, 7) is 2.78. The lowest BCUT2D eigenvalue weighted by atomic mass is 10.2. The standard InChI is InChI=1S/C14H13BrN2O3/c1-2-17-9-11(8-16-17)20-13-5-3-10(7-12(13)15)4-6-14(18)19/h3-9H,2H2,1H3,(H,18,19)/b6-4+. The Morgan fingerprint density at radius 1 is 1.55 bits per heavy atom. The van der Waals surface area contributed by atoms with Gasteiger partial charge in [-0.3, -0.25) is 4.68 Å². The lowest BCUT2D eigenvalue weighted by molar-refractivity contribution is -0.131. The van der Waals surface area contributed by atoms with Gasteiger partial charge in [-0.1, -0.05) is 6.07 Å². The predicted octanol–water partition coefficient (Wildman–Crippen LogP) is 3.56. The smallest absolute Gasteiger partial charge is 0.328 e. The minimum Gasteiger partial charge on any atom is -0.478 e. The molecule has 0 saturated carbocycles. The zero-order valence-corrected chi connectivity index (χ0v) is 12.4. The van der Waals surface area contributed by atoms with Gasteiger partial charge in [0.05, 0.1) is 16.9 Å². The Kier molecular flexibility index (Phi) is 4.57. The van der Waals surface area contributed by atoms with Crippen LogP contribution in [0.5, 0.6) is 11.5 Å². The highest BCUT2D eigenvalue weighted by molar-refractivity contribution is 9.10. The molecule has 5 nitrogen and oxygen atoms in total. The Balaban J connectivity index is 2.15. The van der Waals surface area contributed by atoms with E-state index in [0.717, 1.165) is 22.7 Å². The van der Waals surface area contributed by atoms with Crippen molar-refractivity contribution in [3.05, 3.63) is 46.7 Å². The molecular formula is C14H13BrN2O3. The zero-order chi connectivity index (χ0) is 14.5. The summed E-state index contributed by atoms with van der Waals surface area (Å²) in [6, 6.07) is 5.34. The Morgan fingerprint density at radius 3 is 2.95 bits per heavy atom. The highest BCUT2D eigenvalue weighted by atomic mass is 79.9. The second-order valence-corrected chi connectivity index (χ2v) is 4.85. The largest absolute Gasteiger partial charge is 0.478 e. The average molecular weight is 337 g/mol. The molecule has 6 heteroatoms. The number of rotatable bonds is 5. The highest BCUT2D eigenvalue weighted by Gasteiger charge is 2.05. The Hall–Kier alpha value is -2.08. The molecular weight excluding hydrogens is 324 g/mol. The molecule has 0 aliphatic carbocycles. The van der Waals surface area contributed by atoms with Crippen LogP contribution in [0.4, 0.5) is 0 Å². The van der Waals surface area contributed by atoms with Crippen LogP contribution in [0.1, 0.15) is 12.5 Å².